The van der Waals surface area contributed by atoms with Crippen LogP contribution < -0.4 is 10.2 Å². The third-order valence-corrected chi connectivity index (χ3v) is 6.65. The van der Waals surface area contributed by atoms with Crippen LogP contribution in [0.1, 0.15) is 60.4 Å². The van der Waals surface area contributed by atoms with Crippen molar-refractivity contribution < 1.29 is 9.18 Å². The molecule has 6 rings (SSSR count). The number of pyridine rings is 1. The van der Waals surface area contributed by atoms with Gasteiger partial charge in [0.1, 0.15) is 17.3 Å². The molecule has 0 bridgehead atoms. The van der Waals surface area contributed by atoms with Crippen molar-refractivity contribution in [1.29, 1.82) is 0 Å². The van der Waals surface area contributed by atoms with Crippen molar-refractivity contribution in [3.05, 3.63) is 95.3 Å². The summed E-state index contributed by atoms with van der Waals surface area (Å²) >= 11 is 0. The number of aromatic nitrogens is 4. The van der Waals surface area contributed by atoms with E-state index in [-0.39, 0.29) is 17.8 Å². The van der Waals surface area contributed by atoms with Crippen LogP contribution in [-0.4, -0.2) is 44.6 Å². The second-order valence-corrected chi connectivity index (χ2v) is 9.68. The lowest BCUT2D eigenvalue weighted by molar-refractivity contribution is 0.0935. The Balaban J connectivity index is 0.000000338. The number of hydrogen-bond acceptors (Lipinski definition) is 5. The van der Waals surface area contributed by atoms with Gasteiger partial charge in [0.05, 0.1) is 11.9 Å². The molecule has 0 unspecified atom stereocenters. The number of nitrogens with one attached hydrogen (secondary N) is 1. The van der Waals surface area contributed by atoms with Gasteiger partial charge in [-0.2, -0.15) is 0 Å². The zero-order valence-electron chi connectivity index (χ0n) is 23.1. The number of hydrogen-bond donors (Lipinski definition) is 1. The molecule has 1 aliphatic heterocycles. The Kier molecular flexibility index (Phi) is 9.41. The van der Waals surface area contributed by atoms with E-state index in [1.54, 1.807) is 24.4 Å². The Morgan fingerprint density at radius 2 is 1.79 bits per heavy atom. The maximum absolute atomic E-state index is 12.7. The van der Waals surface area contributed by atoms with Crippen molar-refractivity contribution in [3.8, 4) is 0 Å². The zero-order valence-corrected chi connectivity index (χ0v) is 23.1. The molecule has 2 fully saturated rings. The number of nitrogens with zero attached hydrogens (tertiary/aromatic N) is 5. The van der Waals surface area contributed by atoms with E-state index in [2.05, 4.69) is 32.3 Å². The second-order valence-electron chi connectivity index (χ2n) is 9.68. The van der Waals surface area contributed by atoms with Gasteiger partial charge >= 0.3 is 0 Å². The van der Waals surface area contributed by atoms with Gasteiger partial charge in [-0.1, -0.05) is 44.2 Å². The number of rotatable bonds is 5. The van der Waals surface area contributed by atoms with E-state index in [1.165, 1.54) is 25.0 Å². The number of imidazole rings is 1. The average Bonchev–Trinajstić information content (AvgIpc) is 3.56. The first-order valence-corrected chi connectivity index (χ1v) is 13.7. The molecule has 8 heteroatoms. The van der Waals surface area contributed by atoms with Gasteiger partial charge in [-0.3, -0.25) is 9.78 Å². The summed E-state index contributed by atoms with van der Waals surface area (Å²) in [7, 11) is 0. The van der Waals surface area contributed by atoms with Gasteiger partial charge in [0.15, 0.2) is 5.65 Å². The van der Waals surface area contributed by atoms with E-state index in [9.17, 15) is 9.18 Å². The van der Waals surface area contributed by atoms with Crippen LogP contribution in [0, 0.1) is 25.6 Å². The molecule has 1 amide bonds. The van der Waals surface area contributed by atoms with Gasteiger partial charge in [-0.15, -0.1) is 5.10 Å². The lowest BCUT2D eigenvalue weighted by Gasteiger charge is -2.18. The van der Waals surface area contributed by atoms with Crippen molar-refractivity contribution in [2.45, 2.75) is 53.0 Å². The van der Waals surface area contributed by atoms with Crippen molar-refractivity contribution in [3.63, 3.8) is 0 Å². The molecule has 1 saturated carbocycles. The number of benzene rings is 1. The molecule has 7 nitrogen and oxygen atoms in total. The number of carbonyl (C=O) groups excluding carboxylic acids is 1. The van der Waals surface area contributed by atoms with Gasteiger partial charge in [0, 0.05) is 25.3 Å². The van der Waals surface area contributed by atoms with Crippen LogP contribution >= 0.6 is 0 Å². The largest absolute Gasteiger partial charge is 0.353 e. The molecule has 1 saturated heterocycles. The summed E-state index contributed by atoms with van der Waals surface area (Å²) in [6.45, 7) is 9.61. The maximum atomic E-state index is 12.7. The molecule has 4 aromatic rings. The highest BCUT2D eigenvalue weighted by atomic mass is 19.1. The van der Waals surface area contributed by atoms with Crippen molar-refractivity contribution in [2.75, 3.05) is 18.0 Å². The van der Waals surface area contributed by atoms with Crippen molar-refractivity contribution in [2.24, 2.45) is 5.92 Å². The quantitative estimate of drug-likeness (QED) is 0.343. The summed E-state index contributed by atoms with van der Waals surface area (Å²) in [6, 6.07) is 13.9. The molecular formula is C31H37FN6O. The number of fused-ring (bicyclic) bond motifs is 1. The van der Waals surface area contributed by atoms with Crippen LogP contribution in [0.2, 0.25) is 0 Å². The Hall–Kier alpha value is -4.07. The molecule has 3 aromatic heterocycles. The highest BCUT2D eigenvalue weighted by molar-refractivity contribution is 5.93. The van der Waals surface area contributed by atoms with Gasteiger partial charge < -0.3 is 10.2 Å². The fourth-order valence-corrected chi connectivity index (χ4v) is 4.30. The molecule has 1 aliphatic carbocycles. The van der Waals surface area contributed by atoms with Crippen LogP contribution in [0.4, 0.5) is 10.2 Å². The Labute approximate surface area is 229 Å². The second kappa shape index (κ2) is 13.1. The minimum atomic E-state index is -0.178. The van der Waals surface area contributed by atoms with Crippen LogP contribution in [0.5, 0.6) is 0 Å². The smallest absolute Gasteiger partial charge is 0.270 e. The third-order valence-electron chi connectivity index (χ3n) is 6.65. The molecule has 1 atom stereocenters. The summed E-state index contributed by atoms with van der Waals surface area (Å²) < 4.78 is 13.8. The summed E-state index contributed by atoms with van der Waals surface area (Å²) in [4.78, 5) is 23.7. The van der Waals surface area contributed by atoms with Crippen molar-refractivity contribution >= 4 is 23.4 Å². The first-order valence-electron chi connectivity index (χ1n) is 13.7. The lowest BCUT2D eigenvalue weighted by Crippen LogP contribution is -2.37. The number of anilines is 1. The summed E-state index contributed by atoms with van der Waals surface area (Å²) in [5.74, 6) is 1.34. The van der Waals surface area contributed by atoms with Gasteiger partial charge in [0.25, 0.3) is 5.91 Å². The number of halogens is 1. The van der Waals surface area contributed by atoms with E-state index in [0.29, 0.717) is 5.69 Å². The van der Waals surface area contributed by atoms with Crippen LogP contribution in [-0.2, 0) is 0 Å². The van der Waals surface area contributed by atoms with E-state index in [1.807, 2.05) is 56.6 Å². The highest BCUT2D eigenvalue weighted by Gasteiger charge is 2.26. The van der Waals surface area contributed by atoms with Gasteiger partial charge in [-0.25, -0.2) is 13.9 Å². The topological polar surface area (TPSA) is 75.4 Å². The zero-order chi connectivity index (χ0) is 27.8. The molecule has 1 N–H and O–H groups in total. The van der Waals surface area contributed by atoms with E-state index in [4.69, 9.17) is 5.10 Å². The predicted octanol–water partition coefficient (Wildman–Crippen LogP) is 6.02. The Morgan fingerprint density at radius 1 is 1.03 bits per heavy atom. The number of amides is 1. The molecular weight excluding hydrogens is 491 g/mol. The maximum Gasteiger partial charge on any atom is 0.270 e. The molecule has 1 aromatic carbocycles. The van der Waals surface area contributed by atoms with E-state index >= 15 is 0 Å². The van der Waals surface area contributed by atoms with Crippen LogP contribution in [0.25, 0.3) is 11.7 Å². The molecule has 39 heavy (non-hydrogen) atoms. The Bertz CT molecular complexity index is 1410. The van der Waals surface area contributed by atoms with Crippen LogP contribution in [0.15, 0.2) is 67.0 Å². The molecule has 2 aliphatic rings. The van der Waals surface area contributed by atoms with Gasteiger partial charge in [0.2, 0.25) is 0 Å². The summed E-state index contributed by atoms with van der Waals surface area (Å²) in [6.07, 6.45) is 11.4. The van der Waals surface area contributed by atoms with Crippen LogP contribution in [0.3, 0.4) is 0 Å². The Morgan fingerprint density at radius 3 is 2.46 bits per heavy atom. The van der Waals surface area contributed by atoms with E-state index in [0.717, 1.165) is 53.7 Å². The standard InChI is InChI=1S/C23H26N6O.C6H5F.C2H6/c1-15-11-20(24-13-18(15)6-5-17-3-4-17)23(30)26-19-9-10-28(14-19)22-8-7-21-25-12-16(2)29(21)27-22;7-6-4-2-1-3-5-6;1-2/h5-8,11-13,17,19H,3-4,9-10,14H2,1-2H3,(H,26,30);1-5H;1-2H3/b6-5+;;/t19-;;/m0../s1. The summed E-state index contributed by atoms with van der Waals surface area (Å²) in [5.41, 5.74) is 4.49. The lowest BCUT2D eigenvalue weighted by atomic mass is 10.1. The number of allylic oxidation sites excluding steroid dienone is 1. The van der Waals surface area contributed by atoms with Gasteiger partial charge in [-0.05, 0) is 80.5 Å². The highest BCUT2D eigenvalue weighted by Crippen LogP contribution is 2.31. The fourth-order valence-electron chi connectivity index (χ4n) is 4.30. The predicted molar refractivity (Wildman–Crippen MR) is 154 cm³/mol. The molecule has 0 spiro atoms. The minimum Gasteiger partial charge on any atom is -0.353 e. The first-order chi connectivity index (χ1) is 19.0. The SMILES string of the molecule is CC.Cc1cc(C(=O)N[C@H]2CCN(c3ccc4ncc(C)n4n3)C2)ncc1/C=C/C1CC1.Fc1ccccc1. The normalized spacial score (nSPS) is 16.4. The molecule has 204 valence electrons. The third kappa shape index (κ3) is 7.50. The molecule has 0 radical (unpaired) electrons. The minimum absolute atomic E-state index is 0.0791. The average molecular weight is 529 g/mol. The molecule has 4 heterocycles. The number of aryl methyl sites for hydroxylation is 2. The first kappa shape index (κ1) is 28.0. The van der Waals surface area contributed by atoms with E-state index < -0.39 is 0 Å². The van der Waals surface area contributed by atoms with Crippen molar-refractivity contribution in [1.82, 2.24) is 24.9 Å². The summed E-state index contributed by atoms with van der Waals surface area (Å²) in [5, 5.41) is 7.83. The number of carbonyl (C=O) groups is 1. The fraction of sp³-hybridized carbons (Fsp3) is 0.355. The monoisotopic (exact) mass is 528 g/mol.